The van der Waals surface area contributed by atoms with Crippen molar-refractivity contribution in [3.8, 4) is 11.5 Å². The van der Waals surface area contributed by atoms with E-state index in [4.69, 9.17) is 4.74 Å². The van der Waals surface area contributed by atoms with Crippen LogP contribution in [-0.2, 0) is 6.18 Å². The molecular weight excluding hydrogens is 401 g/mol. The molecule has 1 aliphatic heterocycles. The number of nitrogens with zero attached hydrogens (tertiary/aromatic N) is 1. The third-order valence-corrected chi connectivity index (χ3v) is 5.06. The Kier molecular flexibility index (Phi) is 4.68. The van der Waals surface area contributed by atoms with E-state index >= 15 is 0 Å². The Labute approximate surface area is 168 Å². The molecule has 0 saturated heterocycles. The van der Waals surface area contributed by atoms with E-state index in [0.29, 0.717) is 11.3 Å². The van der Waals surface area contributed by atoms with Gasteiger partial charge < -0.3 is 15.2 Å². The molecule has 2 heterocycles. The minimum atomic E-state index is -4.48. The van der Waals surface area contributed by atoms with Crippen LogP contribution in [0.5, 0.6) is 11.5 Å². The highest BCUT2D eigenvalue weighted by molar-refractivity contribution is 6.03. The molecule has 2 aromatic carbocycles. The molecule has 0 saturated carbocycles. The van der Waals surface area contributed by atoms with Crippen molar-refractivity contribution >= 4 is 16.8 Å². The first-order chi connectivity index (χ1) is 14.2. The molecule has 3 aromatic rings. The number of carbonyl (C=O) groups is 1. The molecule has 9 heteroatoms. The normalized spacial score (nSPS) is 15.7. The molecular formula is C21H17F3N2O4. The Morgan fingerprint density at radius 3 is 2.57 bits per heavy atom. The average Bonchev–Trinajstić information content (AvgIpc) is 2.71. The molecule has 0 aliphatic carbocycles. The highest BCUT2D eigenvalue weighted by atomic mass is 19.4. The zero-order chi connectivity index (χ0) is 21.6. The molecule has 4 rings (SSSR count). The van der Waals surface area contributed by atoms with E-state index in [2.05, 4.69) is 5.32 Å². The first-order valence-electron chi connectivity index (χ1n) is 9.22. The number of halogens is 3. The van der Waals surface area contributed by atoms with Crippen LogP contribution >= 0.6 is 0 Å². The lowest BCUT2D eigenvalue weighted by molar-refractivity contribution is -0.137. The fraction of sp³-hybridized carbons (Fsp3) is 0.238. The van der Waals surface area contributed by atoms with Crippen molar-refractivity contribution in [2.45, 2.75) is 19.1 Å². The van der Waals surface area contributed by atoms with Crippen LogP contribution in [0.3, 0.4) is 0 Å². The van der Waals surface area contributed by atoms with E-state index in [1.807, 2.05) is 0 Å². The van der Waals surface area contributed by atoms with Gasteiger partial charge in [0.15, 0.2) is 0 Å². The number of aromatic hydroxyl groups is 1. The van der Waals surface area contributed by atoms with Crippen molar-refractivity contribution in [1.82, 2.24) is 9.88 Å². The standard InChI is InChI=1S/C21H17F3N2O4/c1-2-25-19(28)16-18(27)13-4-3-5-15-17(13)26(20(16)29)14(10-30-15)11-6-8-12(9-7-11)21(22,23)24/h3-9,14,27H,2,10H2,1H3,(H,25,28). The number of nitrogens with one attached hydrogen (secondary N) is 1. The fourth-order valence-corrected chi connectivity index (χ4v) is 3.67. The van der Waals surface area contributed by atoms with Gasteiger partial charge in [0.2, 0.25) is 0 Å². The lowest BCUT2D eigenvalue weighted by Gasteiger charge is -2.29. The third kappa shape index (κ3) is 3.06. The predicted octanol–water partition coefficient (Wildman–Crippen LogP) is 3.46. The molecule has 2 N–H and O–H groups in total. The van der Waals surface area contributed by atoms with E-state index in [9.17, 15) is 27.9 Å². The number of para-hydroxylation sites is 1. The Bertz CT molecular complexity index is 1200. The summed E-state index contributed by atoms with van der Waals surface area (Å²) in [6, 6.07) is 8.44. The van der Waals surface area contributed by atoms with Gasteiger partial charge in [0.1, 0.15) is 23.7 Å². The molecule has 0 bridgehead atoms. The number of rotatable bonds is 3. The van der Waals surface area contributed by atoms with Gasteiger partial charge in [-0.15, -0.1) is 0 Å². The zero-order valence-corrected chi connectivity index (χ0v) is 15.8. The van der Waals surface area contributed by atoms with Crippen LogP contribution in [0.15, 0.2) is 47.3 Å². The van der Waals surface area contributed by atoms with Crippen LogP contribution in [0.4, 0.5) is 13.2 Å². The minimum Gasteiger partial charge on any atom is -0.506 e. The van der Waals surface area contributed by atoms with Crippen LogP contribution in [0, 0.1) is 0 Å². The van der Waals surface area contributed by atoms with Gasteiger partial charge in [0.25, 0.3) is 11.5 Å². The largest absolute Gasteiger partial charge is 0.506 e. The van der Waals surface area contributed by atoms with Gasteiger partial charge in [0, 0.05) is 11.9 Å². The SMILES string of the molecule is CCNC(=O)c1c(O)c2cccc3c2n(c1=O)C(c1ccc(C(F)(F)F)cc1)CO3. The van der Waals surface area contributed by atoms with Gasteiger partial charge in [-0.3, -0.25) is 14.2 Å². The summed E-state index contributed by atoms with van der Waals surface area (Å²) in [6.07, 6.45) is -4.48. The van der Waals surface area contributed by atoms with E-state index in [-0.39, 0.29) is 24.1 Å². The zero-order valence-electron chi connectivity index (χ0n) is 15.8. The monoisotopic (exact) mass is 418 g/mol. The second-order valence-corrected chi connectivity index (χ2v) is 6.86. The van der Waals surface area contributed by atoms with E-state index in [0.717, 1.165) is 12.1 Å². The molecule has 1 unspecified atom stereocenters. The topological polar surface area (TPSA) is 80.6 Å². The predicted molar refractivity (Wildman–Crippen MR) is 103 cm³/mol. The molecule has 6 nitrogen and oxygen atoms in total. The smallest absolute Gasteiger partial charge is 0.416 e. The third-order valence-electron chi connectivity index (χ3n) is 5.06. The van der Waals surface area contributed by atoms with Crippen molar-refractivity contribution in [2.75, 3.05) is 13.2 Å². The van der Waals surface area contributed by atoms with Crippen molar-refractivity contribution in [3.63, 3.8) is 0 Å². The summed E-state index contributed by atoms with van der Waals surface area (Å²) in [5, 5.41) is 13.4. The number of pyridine rings is 1. The van der Waals surface area contributed by atoms with Crippen LogP contribution in [-0.4, -0.2) is 28.7 Å². The summed E-state index contributed by atoms with van der Waals surface area (Å²) in [4.78, 5) is 25.7. The van der Waals surface area contributed by atoms with Crippen LogP contribution in [0.1, 0.15) is 34.5 Å². The maximum atomic E-state index is 13.3. The van der Waals surface area contributed by atoms with Gasteiger partial charge in [-0.05, 0) is 36.8 Å². The van der Waals surface area contributed by atoms with E-state index < -0.39 is 40.6 Å². The van der Waals surface area contributed by atoms with Crippen molar-refractivity contribution in [1.29, 1.82) is 0 Å². The Hall–Kier alpha value is -3.49. The van der Waals surface area contributed by atoms with Crippen LogP contribution in [0.2, 0.25) is 0 Å². The number of ether oxygens (including phenoxy) is 1. The average molecular weight is 418 g/mol. The van der Waals surface area contributed by atoms with Gasteiger partial charge in [-0.1, -0.05) is 18.2 Å². The van der Waals surface area contributed by atoms with Gasteiger partial charge in [-0.2, -0.15) is 13.2 Å². The number of amides is 1. The number of alkyl halides is 3. The lowest BCUT2D eigenvalue weighted by Crippen LogP contribution is -2.38. The summed E-state index contributed by atoms with van der Waals surface area (Å²) in [5.41, 5.74) is -1.28. The summed E-state index contributed by atoms with van der Waals surface area (Å²) in [7, 11) is 0. The van der Waals surface area contributed by atoms with Crippen molar-refractivity contribution in [2.24, 2.45) is 0 Å². The van der Waals surface area contributed by atoms with Crippen molar-refractivity contribution < 1.29 is 27.8 Å². The summed E-state index contributed by atoms with van der Waals surface area (Å²) in [6.45, 7) is 1.91. The quantitative estimate of drug-likeness (QED) is 0.683. The number of carbonyl (C=O) groups excluding carboxylic acids is 1. The molecule has 1 aromatic heterocycles. The van der Waals surface area contributed by atoms with Crippen LogP contribution in [0.25, 0.3) is 10.9 Å². The summed E-state index contributed by atoms with van der Waals surface area (Å²) in [5.74, 6) is -0.852. The second-order valence-electron chi connectivity index (χ2n) is 6.86. The van der Waals surface area contributed by atoms with E-state index in [1.165, 1.54) is 16.7 Å². The molecule has 0 spiro atoms. The molecule has 1 aliphatic rings. The van der Waals surface area contributed by atoms with Crippen LogP contribution < -0.4 is 15.6 Å². The molecule has 0 fully saturated rings. The Morgan fingerprint density at radius 2 is 1.93 bits per heavy atom. The number of hydrogen-bond donors (Lipinski definition) is 2. The number of hydrogen-bond acceptors (Lipinski definition) is 4. The summed E-state index contributed by atoms with van der Waals surface area (Å²) >= 11 is 0. The molecule has 1 atom stereocenters. The first kappa shape index (κ1) is 19.8. The molecule has 1 amide bonds. The number of aromatic nitrogens is 1. The highest BCUT2D eigenvalue weighted by Gasteiger charge is 2.33. The van der Waals surface area contributed by atoms with Gasteiger partial charge in [0.05, 0.1) is 17.1 Å². The Morgan fingerprint density at radius 1 is 1.23 bits per heavy atom. The Balaban J connectivity index is 1.96. The maximum absolute atomic E-state index is 13.3. The molecule has 0 radical (unpaired) electrons. The fourth-order valence-electron chi connectivity index (χ4n) is 3.67. The summed E-state index contributed by atoms with van der Waals surface area (Å²) < 4.78 is 45.8. The maximum Gasteiger partial charge on any atom is 0.416 e. The van der Waals surface area contributed by atoms with Gasteiger partial charge in [-0.25, -0.2) is 0 Å². The molecule has 156 valence electrons. The number of benzene rings is 2. The molecule has 30 heavy (non-hydrogen) atoms. The minimum absolute atomic E-state index is 0.0169. The van der Waals surface area contributed by atoms with Gasteiger partial charge >= 0.3 is 6.18 Å². The second kappa shape index (κ2) is 7.08. The highest BCUT2D eigenvalue weighted by Crippen LogP contribution is 2.39. The van der Waals surface area contributed by atoms with E-state index in [1.54, 1.807) is 25.1 Å². The first-order valence-corrected chi connectivity index (χ1v) is 9.22. The lowest BCUT2D eigenvalue weighted by atomic mass is 10.0. The van der Waals surface area contributed by atoms with Crippen molar-refractivity contribution in [3.05, 3.63) is 69.5 Å².